The van der Waals surface area contributed by atoms with Crippen LogP contribution < -0.4 is 5.32 Å². The van der Waals surface area contributed by atoms with E-state index in [1.807, 2.05) is 42.6 Å². The highest BCUT2D eigenvalue weighted by atomic mass is 32.1. The van der Waals surface area contributed by atoms with Gasteiger partial charge in [0.05, 0.1) is 18.2 Å². The van der Waals surface area contributed by atoms with Crippen LogP contribution in [0.25, 0.3) is 0 Å². The second-order valence-electron chi connectivity index (χ2n) is 6.41. The van der Waals surface area contributed by atoms with Crippen molar-refractivity contribution in [2.24, 2.45) is 0 Å². The molecule has 1 aliphatic rings. The van der Waals surface area contributed by atoms with Crippen LogP contribution >= 0.6 is 11.3 Å². The Kier molecular flexibility index (Phi) is 6.35. The van der Waals surface area contributed by atoms with Gasteiger partial charge in [-0.25, -0.2) is 4.98 Å². The van der Waals surface area contributed by atoms with Gasteiger partial charge in [-0.1, -0.05) is 30.3 Å². The zero-order valence-corrected chi connectivity index (χ0v) is 15.6. The Bertz CT molecular complexity index is 741. The zero-order valence-electron chi connectivity index (χ0n) is 14.8. The van der Waals surface area contributed by atoms with Gasteiger partial charge in [0.15, 0.2) is 5.13 Å². The number of thiazole rings is 1. The maximum absolute atomic E-state index is 12.8. The third-order valence-electron chi connectivity index (χ3n) is 4.20. The molecule has 26 heavy (non-hydrogen) atoms. The first kappa shape index (κ1) is 18.5. The highest BCUT2D eigenvalue weighted by Crippen LogP contribution is 2.16. The molecule has 1 aliphatic heterocycles. The molecule has 1 aromatic carbocycles. The molecule has 0 spiro atoms. The van der Waals surface area contributed by atoms with Crippen LogP contribution in [0.4, 0.5) is 5.13 Å². The highest BCUT2D eigenvalue weighted by molar-refractivity contribution is 7.13. The van der Waals surface area contributed by atoms with Crippen molar-refractivity contribution in [2.75, 3.05) is 25.0 Å². The van der Waals surface area contributed by atoms with Gasteiger partial charge in [-0.05, 0) is 25.3 Å². The summed E-state index contributed by atoms with van der Waals surface area (Å²) in [6, 6.07) is 9.57. The molecule has 2 heterocycles. The Morgan fingerprint density at radius 3 is 2.81 bits per heavy atom. The van der Waals surface area contributed by atoms with E-state index in [1.165, 1.54) is 11.3 Å². The summed E-state index contributed by atoms with van der Waals surface area (Å²) in [5.74, 6) is -0.309. The standard InChI is InChI=1S/C19H23N3O3S/c1-14-13-26-19(20-14)21-17(23)12-22(11-16-8-5-9-25-16)18(24)10-15-6-3-2-4-7-15/h2-4,6-7,13,16H,5,8-12H2,1H3,(H,20,21,23)/t16-/m0/s1. The van der Waals surface area contributed by atoms with Crippen molar-refractivity contribution in [3.8, 4) is 0 Å². The lowest BCUT2D eigenvalue weighted by Crippen LogP contribution is -2.43. The van der Waals surface area contributed by atoms with Crippen LogP contribution in [0.15, 0.2) is 35.7 Å². The monoisotopic (exact) mass is 373 g/mol. The molecule has 138 valence electrons. The molecule has 6 nitrogen and oxygen atoms in total. The molecule has 1 saturated heterocycles. The molecule has 2 aromatic rings. The van der Waals surface area contributed by atoms with E-state index in [0.717, 1.165) is 30.7 Å². The molecule has 0 unspecified atom stereocenters. The molecular weight excluding hydrogens is 350 g/mol. The van der Waals surface area contributed by atoms with Crippen LogP contribution in [0.1, 0.15) is 24.1 Å². The van der Waals surface area contributed by atoms with Crippen molar-refractivity contribution in [1.82, 2.24) is 9.88 Å². The number of aryl methyl sites for hydroxylation is 1. The van der Waals surface area contributed by atoms with Crippen LogP contribution in [0.3, 0.4) is 0 Å². The Balaban J connectivity index is 1.63. The summed E-state index contributed by atoms with van der Waals surface area (Å²) < 4.78 is 5.65. The van der Waals surface area contributed by atoms with Gasteiger partial charge >= 0.3 is 0 Å². The topological polar surface area (TPSA) is 71.5 Å². The summed E-state index contributed by atoms with van der Waals surface area (Å²) in [5.41, 5.74) is 1.80. The lowest BCUT2D eigenvalue weighted by Gasteiger charge is -2.25. The number of amides is 2. The van der Waals surface area contributed by atoms with Crippen LogP contribution in [0, 0.1) is 6.92 Å². The summed E-state index contributed by atoms with van der Waals surface area (Å²) in [7, 11) is 0. The first-order valence-electron chi connectivity index (χ1n) is 8.75. The van der Waals surface area contributed by atoms with E-state index in [-0.39, 0.29) is 30.9 Å². The minimum absolute atomic E-state index is 0.00412. The number of rotatable bonds is 7. The number of nitrogens with one attached hydrogen (secondary N) is 1. The summed E-state index contributed by atoms with van der Waals surface area (Å²) in [6.07, 6.45) is 2.19. The minimum Gasteiger partial charge on any atom is -0.376 e. The molecule has 1 fully saturated rings. The third-order valence-corrected chi connectivity index (χ3v) is 5.07. The second-order valence-corrected chi connectivity index (χ2v) is 7.27. The number of carbonyl (C=O) groups is 2. The molecule has 1 aromatic heterocycles. The van der Waals surface area contributed by atoms with E-state index < -0.39 is 0 Å². The number of benzene rings is 1. The van der Waals surface area contributed by atoms with E-state index in [0.29, 0.717) is 11.7 Å². The number of aromatic nitrogens is 1. The molecule has 0 saturated carbocycles. The van der Waals surface area contributed by atoms with Gasteiger partial charge in [0.2, 0.25) is 11.8 Å². The lowest BCUT2D eigenvalue weighted by molar-refractivity contribution is -0.135. The summed E-state index contributed by atoms with van der Waals surface area (Å²) in [5, 5.41) is 5.20. The van der Waals surface area contributed by atoms with Gasteiger partial charge in [0, 0.05) is 18.5 Å². The van der Waals surface area contributed by atoms with E-state index in [9.17, 15) is 9.59 Å². The van der Waals surface area contributed by atoms with Crippen LogP contribution in [0.2, 0.25) is 0 Å². The van der Waals surface area contributed by atoms with Gasteiger partial charge in [0.25, 0.3) is 0 Å². The summed E-state index contributed by atoms with van der Waals surface area (Å²) in [4.78, 5) is 31.0. The van der Waals surface area contributed by atoms with E-state index in [1.54, 1.807) is 4.90 Å². The average molecular weight is 373 g/mol. The van der Waals surface area contributed by atoms with Crippen LogP contribution in [0.5, 0.6) is 0 Å². The minimum atomic E-state index is -0.237. The van der Waals surface area contributed by atoms with Crippen molar-refractivity contribution in [2.45, 2.75) is 32.3 Å². The van der Waals surface area contributed by atoms with Gasteiger partial charge in [-0.2, -0.15) is 0 Å². The average Bonchev–Trinajstić information content (AvgIpc) is 3.27. The van der Waals surface area contributed by atoms with Crippen molar-refractivity contribution in [3.05, 3.63) is 47.0 Å². The second kappa shape index (κ2) is 8.91. The van der Waals surface area contributed by atoms with E-state index in [4.69, 9.17) is 4.74 Å². The van der Waals surface area contributed by atoms with E-state index in [2.05, 4.69) is 10.3 Å². The molecule has 0 aliphatic carbocycles. The number of anilines is 1. The number of hydrogen-bond donors (Lipinski definition) is 1. The molecule has 3 rings (SSSR count). The predicted molar refractivity (Wildman–Crippen MR) is 101 cm³/mol. The van der Waals surface area contributed by atoms with Gasteiger partial charge in [-0.3, -0.25) is 9.59 Å². The Labute approximate surface area is 157 Å². The predicted octanol–water partition coefficient (Wildman–Crippen LogP) is 2.64. The first-order chi connectivity index (χ1) is 12.6. The van der Waals surface area contributed by atoms with Crippen LogP contribution in [-0.2, 0) is 20.7 Å². The number of ether oxygens (including phenoxy) is 1. The maximum atomic E-state index is 12.8. The number of nitrogens with zero attached hydrogens (tertiary/aromatic N) is 2. The SMILES string of the molecule is Cc1csc(NC(=O)CN(C[C@@H]2CCCO2)C(=O)Cc2ccccc2)n1. The number of carbonyl (C=O) groups excluding carboxylic acids is 2. The maximum Gasteiger partial charge on any atom is 0.245 e. The molecule has 7 heteroatoms. The Morgan fingerprint density at radius 2 is 2.15 bits per heavy atom. The third kappa shape index (κ3) is 5.37. The highest BCUT2D eigenvalue weighted by Gasteiger charge is 2.24. The van der Waals surface area contributed by atoms with E-state index >= 15 is 0 Å². The molecule has 1 atom stereocenters. The molecule has 0 radical (unpaired) electrons. The Hall–Kier alpha value is -2.25. The van der Waals surface area contributed by atoms with Gasteiger partial charge in [-0.15, -0.1) is 11.3 Å². The quantitative estimate of drug-likeness (QED) is 0.810. The van der Waals surface area contributed by atoms with Crippen molar-refractivity contribution >= 4 is 28.3 Å². The first-order valence-corrected chi connectivity index (χ1v) is 9.63. The zero-order chi connectivity index (χ0) is 18.4. The van der Waals surface area contributed by atoms with Crippen molar-refractivity contribution < 1.29 is 14.3 Å². The fourth-order valence-corrected chi connectivity index (χ4v) is 3.62. The van der Waals surface area contributed by atoms with Crippen LogP contribution in [-0.4, -0.2) is 47.5 Å². The number of hydrogen-bond acceptors (Lipinski definition) is 5. The lowest BCUT2D eigenvalue weighted by atomic mass is 10.1. The van der Waals surface area contributed by atoms with Gasteiger partial charge < -0.3 is 15.0 Å². The summed E-state index contributed by atoms with van der Waals surface area (Å²) >= 11 is 1.38. The normalized spacial score (nSPS) is 16.4. The van der Waals surface area contributed by atoms with Crippen molar-refractivity contribution in [3.63, 3.8) is 0 Å². The summed E-state index contributed by atoms with van der Waals surface area (Å²) in [6.45, 7) is 3.04. The Morgan fingerprint density at radius 1 is 1.35 bits per heavy atom. The van der Waals surface area contributed by atoms with Gasteiger partial charge in [0.1, 0.15) is 6.54 Å². The molecule has 2 amide bonds. The largest absolute Gasteiger partial charge is 0.376 e. The smallest absolute Gasteiger partial charge is 0.245 e. The fourth-order valence-electron chi connectivity index (χ4n) is 2.91. The molecule has 0 bridgehead atoms. The fraction of sp³-hybridized carbons (Fsp3) is 0.421. The molecular formula is C19H23N3O3S. The van der Waals surface area contributed by atoms with Crippen molar-refractivity contribution in [1.29, 1.82) is 0 Å². The molecule has 1 N–H and O–H groups in total.